The highest BCUT2D eigenvalue weighted by Crippen LogP contribution is 2.31. The Labute approximate surface area is 274 Å². The molecule has 0 amide bonds. The SMILES string of the molecule is COc1ccc([C@H](c2ccc(Cl)cc2)[C@H](N)C(=O)Cc2cccc(F)c2CC[C@H]2CNC[C@H](C)N2S(=O)(=O)c2ccccc2)cn1. The zero-order valence-corrected chi connectivity index (χ0v) is 27.3. The lowest BCUT2D eigenvalue weighted by Crippen LogP contribution is -2.58. The van der Waals surface area contributed by atoms with Crippen LogP contribution in [0.25, 0.3) is 0 Å². The van der Waals surface area contributed by atoms with Crippen LogP contribution in [0.1, 0.15) is 41.5 Å². The highest BCUT2D eigenvalue weighted by Gasteiger charge is 2.38. The first-order valence-electron chi connectivity index (χ1n) is 15.2. The van der Waals surface area contributed by atoms with Crippen molar-refractivity contribution in [2.45, 2.75) is 55.1 Å². The summed E-state index contributed by atoms with van der Waals surface area (Å²) in [6.45, 7) is 2.81. The van der Waals surface area contributed by atoms with Gasteiger partial charge in [-0.05, 0) is 72.4 Å². The number of halogens is 2. The number of nitrogens with zero attached hydrogens (tertiary/aromatic N) is 2. The fourth-order valence-electron chi connectivity index (χ4n) is 6.20. The lowest BCUT2D eigenvalue weighted by molar-refractivity contribution is -0.119. The van der Waals surface area contributed by atoms with Crippen molar-refractivity contribution in [3.63, 3.8) is 0 Å². The third-order valence-electron chi connectivity index (χ3n) is 8.53. The molecule has 4 atom stereocenters. The van der Waals surface area contributed by atoms with Gasteiger partial charge in [0.05, 0.1) is 18.0 Å². The maximum atomic E-state index is 15.4. The van der Waals surface area contributed by atoms with E-state index in [9.17, 15) is 13.2 Å². The number of ether oxygens (including phenoxy) is 1. The van der Waals surface area contributed by atoms with E-state index >= 15 is 4.39 Å². The van der Waals surface area contributed by atoms with Crippen molar-refractivity contribution in [1.29, 1.82) is 0 Å². The van der Waals surface area contributed by atoms with Gasteiger partial charge in [0.25, 0.3) is 0 Å². The van der Waals surface area contributed by atoms with E-state index in [1.54, 1.807) is 71.2 Å². The minimum atomic E-state index is -3.78. The normalized spacial score (nSPS) is 18.5. The number of carbonyl (C=O) groups excluding carboxylic acids is 1. The molecule has 5 rings (SSSR count). The Morgan fingerprint density at radius 3 is 2.43 bits per heavy atom. The predicted octanol–water partition coefficient (Wildman–Crippen LogP) is 5.14. The number of benzene rings is 3. The summed E-state index contributed by atoms with van der Waals surface area (Å²) in [5.74, 6) is -0.821. The molecule has 0 unspecified atom stereocenters. The van der Waals surface area contributed by atoms with E-state index in [1.165, 1.54) is 13.2 Å². The molecule has 0 spiro atoms. The van der Waals surface area contributed by atoms with Crippen molar-refractivity contribution in [2.24, 2.45) is 5.73 Å². The first kappa shape index (κ1) is 33.7. The Morgan fingerprint density at radius 2 is 1.76 bits per heavy atom. The average Bonchev–Trinajstić information content (AvgIpc) is 3.06. The summed E-state index contributed by atoms with van der Waals surface area (Å²) < 4.78 is 49.5. The summed E-state index contributed by atoms with van der Waals surface area (Å²) in [7, 11) is -2.25. The minimum Gasteiger partial charge on any atom is -0.481 e. The van der Waals surface area contributed by atoms with Crippen LogP contribution in [0.15, 0.2) is 96.0 Å². The highest BCUT2D eigenvalue weighted by atomic mass is 35.5. The van der Waals surface area contributed by atoms with Crippen LogP contribution in [0.4, 0.5) is 4.39 Å². The lowest BCUT2D eigenvalue weighted by Gasteiger charge is -2.40. The van der Waals surface area contributed by atoms with Gasteiger partial charge in [-0.25, -0.2) is 17.8 Å². The van der Waals surface area contributed by atoms with Crippen molar-refractivity contribution in [1.82, 2.24) is 14.6 Å². The van der Waals surface area contributed by atoms with E-state index in [-0.39, 0.29) is 29.6 Å². The molecule has 8 nitrogen and oxygen atoms in total. The molecule has 3 N–H and O–H groups in total. The largest absolute Gasteiger partial charge is 0.481 e. The lowest BCUT2D eigenvalue weighted by atomic mass is 9.82. The molecule has 11 heteroatoms. The molecule has 1 aliphatic heterocycles. The Kier molecular flexibility index (Phi) is 10.9. The van der Waals surface area contributed by atoms with Gasteiger partial charge in [-0.15, -0.1) is 0 Å². The summed E-state index contributed by atoms with van der Waals surface area (Å²) >= 11 is 6.14. The number of pyridine rings is 1. The molecule has 2 heterocycles. The van der Waals surface area contributed by atoms with Crippen LogP contribution in [0.2, 0.25) is 5.02 Å². The summed E-state index contributed by atoms with van der Waals surface area (Å²) in [6, 6.07) is 22.0. The van der Waals surface area contributed by atoms with Crippen molar-refractivity contribution in [3.8, 4) is 5.88 Å². The van der Waals surface area contributed by atoms with E-state index in [2.05, 4.69) is 10.3 Å². The number of rotatable bonds is 12. The van der Waals surface area contributed by atoms with E-state index in [0.29, 0.717) is 41.5 Å². The first-order valence-corrected chi connectivity index (χ1v) is 17.0. The second-order valence-electron chi connectivity index (χ2n) is 11.6. The molecule has 1 saturated heterocycles. The number of Topliss-reactive ketones (excluding diaryl/α,β-unsaturated/α-hetero) is 1. The van der Waals surface area contributed by atoms with Gasteiger partial charge in [-0.3, -0.25) is 4.79 Å². The Hall–Kier alpha value is -3.67. The van der Waals surface area contributed by atoms with E-state index in [1.807, 2.05) is 25.1 Å². The molecule has 4 aromatic rings. The van der Waals surface area contributed by atoms with Gasteiger partial charge in [0, 0.05) is 54.8 Å². The minimum absolute atomic E-state index is 0.0900. The summed E-state index contributed by atoms with van der Waals surface area (Å²) in [5, 5.41) is 3.87. The van der Waals surface area contributed by atoms with Crippen molar-refractivity contribution < 1.29 is 22.3 Å². The monoisotopic (exact) mass is 664 g/mol. The Balaban J connectivity index is 1.38. The van der Waals surface area contributed by atoms with Gasteiger partial charge in [-0.1, -0.05) is 60.1 Å². The van der Waals surface area contributed by atoms with Gasteiger partial charge in [0.1, 0.15) is 5.82 Å². The number of methoxy groups -OCH3 is 1. The third-order valence-corrected chi connectivity index (χ3v) is 10.9. The van der Waals surface area contributed by atoms with Gasteiger partial charge in [0.2, 0.25) is 15.9 Å². The molecule has 3 aromatic carbocycles. The van der Waals surface area contributed by atoms with Crippen LogP contribution in [-0.2, 0) is 27.7 Å². The smallest absolute Gasteiger partial charge is 0.243 e. The molecule has 0 saturated carbocycles. The fraction of sp³-hybridized carbons (Fsp3) is 0.314. The number of carbonyl (C=O) groups is 1. The molecule has 0 bridgehead atoms. The molecule has 0 aliphatic carbocycles. The van der Waals surface area contributed by atoms with Crippen molar-refractivity contribution in [2.75, 3.05) is 20.2 Å². The van der Waals surface area contributed by atoms with Crippen LogP contribution < -0.4 is 15.8 Å². The predicted molar refractivity (Wildman–Crippen MR) is 177 cm³/mol. The summed E-state index contributed by atoms with van der Waals surface area (Å²) in [4.78, 5) is 18.4. The van der Waals surface area contributed by atoms with Crippen LogP contribution >= 0.6 is 11.6 Å². The van der Waals surface area contributed by atoms with Crippen molar-refractivity contribution >= 4 is 27.4 Å². The Morgan fingerprint density at radius 1 is 1.04 bits per heavy atom. The topological polar surface area (TPSA) is 115 Å². The molecule has 242 valence electrons. The fourth-order valence-corrected chi connectivity index (χ4v) is 8.19. The number of aromatic nitrogens is 1. The third kappa shape index (κ3) is 7.48. The number of ketones is 1. The van der Waals surface area contributed by atoms with Crippen LogP contribution in [-0.4, -0.2) is 61.8 Å². The molecule has 0 radical (unpaired) electrons. The van der Waals surface area contributed by atoms with Gasteiger partial charge in [0.15, 0.2) is 5.78 Å². The summed E-state index contributed by atoms with van der Waals surface area (Å²) in [5.41, 5.74) is 9.10. The van der Waals surface area contributed by atoms with E-state index < -0.39 is 33.8 Å². The summed E-state index contributed by atoms with van der Waals surface area (Å²) in [6.07, 6.45) is 2.15. The number of nitrogens with two attached hydrogens (primary N) is 1. The van der Waals surface area contributed by atoms with Crippen LogP contribution in [0.3, 0.4) is 0 Å². The zero-order valence-electron chi connectivity index (χ0n) is 25.8. The second kappa shape index (κ2) is 14.8. The maximum absolute atomic E-state index is 15.4. The standard InChI is InChI=1S/C35H38ClFN4O4S/c1-23-20-39-22-28(41(23)46(43,44)29-8-4-3-5-9-29)16-17-30-25(7-6-10-31(30)37)19-32(42)35(38)34(24-11-14-27(36)15-12-24)26-13-18-33(45-2)40-21-26/h3-15,18,21,23,28,34-35,39H,16-17,19-20,22,38H2,1-2H3/t23-,28-,34-,35+/m0/s1. The van der Waals surface area contributed by atoms with Gasteiger partial charge in [-0.2, -0.15) is 4.31 Å². The number of hydrogen-bond acceptors (Lipinski definition) is 7. The quantitative estimate of drug-likeness (QED) is 0.216. The molecule has 1 aliphatic rings. The molecule has 1 fully saturated rings. The molecule has 46 heavy (non-hydrogen) atoms. The first-order chi connectivity index (χ1) is 22.1. The zero-order chi connectivity index (χ0) is 32.8. The second-order valence-corrected chi connectivity index (χ2v) is 13.8. The average molecular weight is 665 g/mol. The number of piperazine rings is 1. The Bertz CT molecular complexity index is 1740. The van der Waals surface area contributed by atoms with Gasteiger partial charge >= 0.3 is 0 Å². The number of hydrogen-bond donors (Lipinski definition) is 2. The molecule has 1 aromatic heterocycles. The van der Waals surface area contributed by atoms with Gasteiger partial charge < -0.3 is 15.8 Å². The van der Waals surface area contributed by atoms with E-state index in [4.69, 9.17) is 22.1 Å². The van der Waals surface area contributed by atoms with Crippen LogP contribution in [0, 0.1) is 5.82 Å². The van der Waals surface area contributed by atoms with Crippen LogP contribution in [0.5, 0.6) is 5.88 Å². The molecular formula is C35H38ClFN4O4S. The van der Waals surface area contributed by atoms with E-state index in [0.717, 1.165) is 11.1 Å². The number of sulfonamides is 1. The van der Waals surface area contributed by atoms with Crippen molar-refractivity contribution in [3.05, 3.63) is 124 Å². The molecular weight excluding hydrogens is 627 g/mol. The maximum Gasteiger partial charge on any atom is 0.243 e. The highest BCUT2D eigenvalue weighted by molar-refractivity contribution is 7.89. The number of nitrogens with one attached hydrogen (secondary N) is 1.